The predicted molar refractivity (Wildman–Crippen MR) is 76.6 cm³/mol. The monoisotopic (exact) mass is 253 g/mol. The molecule has 18 heavy (non-hydrogen) atoms. The minimum Gasteiger partial charge on any atom is -0.393 e. The van der Waals surface area contributed by atoms with Crippen LogP contribution < -0.4 is 0 Å². The van der Waals surface area contributed by atoms with Gasteiger partial charge in [0.15, 0.2) is 0 Å². The number of aliphatic hydroxyl groups is 1. The summed E-state index contributed by atoms with van der Waals surface area (Å²) in [5.74, 6) is 1.34. The number of hydrogen-bond acceptors (Lipinski definition) is 2. The van der Waals surface area contributed by atoms with E-state index >= 15 is 0 Å². The maximum absolute atomic E-state index is 10.2. The summed E-state index contributed by atoms with van der Waals surface area (Å²) in [5.41, 5.74) is 0. The van der Waals surface area contributed by atoms with E-state index in [0.717, 1.165) is 24.9 Å². The van der Waals surface area contributed by atoms with Crippen molar-refractivity contribution in [3.63, 3.8) is 0 Å². The van der Waals surface area contributed by atoms with Gasteiger partial charge in [0, 0.05) is 12.6 Å². The van der Waals surface area contributed by atoms with Gasteiger partial charge in [-0.25, -0.2) is 0 Å². The first-order chi connectivity index (χ1) is 8.70. The number of aliphatic hydroxyl groups excluding tert-OH is 1. The molecule has 2 nitrogen and oxygen atoms in total. The first-order valence-electron chi connectivity index (χ1n) is 8.12. The second-order valence-corrected chi connectivity index (χ2v) is 6.65. The normalized spacial score (nSPS) is 39.5. The van der Waals surface area contributed by atoms with E-state index < -0.39 is 0 Å². The van der Waals surface area contributed by atoms with Crippen molar-refractivity contribution in [2.24, 2.45) is 11.8 Å². The van der Waals surface area contributed by atoms with E-state index in [4.69, 9.17) is 0 Å². The Morgan fingerprint density at radius 3 is 2.72 bits per heavy atom. The largest absolute Gasteiger partial charge is 0.393 e. The van der Waals surface area contributed by atoms with Crippen molar-refractivity contribution in [2.45, 2.75) is 77.4 Å². The average molecular weight is 253 g/mol. The fraction of sp³-hybridized carbons (Fsp3) is 1.00. The lowest BCUT2D eigenvalue weighted by Gasteiger charge is -2.38. The standard InChI is InChI=1S/C16H31NO/c1-3-15-7-5-4-6-10-17(15)12-14-11-13(2)8-9-16(14)18/h13-16,18H,3-12H2,1-2H3. The second kappa shape index (κ2) is 6.91. The molecule has 4 unspecified atom stereocenters. The third-order valence-electron chi connectivity index (χ3n) is 5.14. The van der Waals surface area contributed by atoms with Crippen LogP contribution in [0.4, 0.5) is 0 Å². The van der Waals surface area contributed by atoms with Gasteiger partial charge in [0.2, 0.25) is 0 Å². The smallest absolute Gasteiger partial charge is 0.0580 e. The molecule has 1 heterocycles. The Balaban J connectivity index is 1.92. The minimum absolute atomic E-state index is 0.0399. The van der Waals surface area contributed by atoms with E-state index in [0.29, 0.717) is 5.92 Å². The van der Waals surface area contributed by atoms with Gasteiger partial charge in [-0.3, -0.25) is 0 Å². The Bertz CT molecular complexity index is 243. The molecule has 1 aliphatic heterocycles. The SMILES string of the molecule is CCC1CCCCCN1CC1CC(C)CCC1O. The fourth-order valence-electron chi connectivity index (χ4n) is 3.92. The van der Waals surface area contributed by atoms with Crippen molar-refractivity contribution in [2.75, 3.05) is 13.1 Å². The van der Waals surface area contributed by atoms with Crippen molar-refractivity contribution < 1.29 is 5.11 Å². The molecule has 1 saturated heterocycles. The summed E-state index contributed by atoms with van der Waals surface area (Å²) >= 11 is 0. The molecule has 0 radical (unpaired) electrons. The van der Waals surface area contributed by atoms with Crippen LogP contribution >= 0.6 is 0 Å². The molecule has 0 aromatic heterocycles. The molecule has 0 aromatic carbocycles. The van der Waals surface area contributed by atoms with Crippen molar-refractivity contribution in [1.82, 2.24) is 4.90 Å². The van der Waals surface area contributed by atoms with Gasteiger partial charge in [0.1, 0.15) is 0 Å². The van der Waals surface area contributed by atoms with Gasteiger partial charge in [-0.05, 0) is 56.9 Å². The summed E-state index contributed by atoms with van der Waals surface area (Å²) in [6, 6.07) is 0.775. The molecule has 0 amide bonds. The summed E-state index contributed by atoms with van der Waals surface area (Å²) in [5, 5.41) is 10.2. The van der Waals surface area contributed by atoms with Crippen LogP contribution in [0.3, 0.4) is 0 Å². The van der Waals surface area contributed by atoms with E-state index in [2.05, 4.69) is 18.7 Å². The van der Waals surface area contributed by atoms with Gasteiger partial charge in [-0.15, -0.1) is 0 Å². The van der Waals surface area contributed by atoms with Gasteiger partial charge in [-0.2, -0.15) is 0 Å². The molecule has 0 spiro atoms. The highest BCUT2D eigenvalue weighted by Gasteiger charge is 2.30. The van der Waals surface area contributed by atoms with Crippen LogP contribution in [0, 0.1) is 11.8 Å². The number of likely N-dealkylation sites (tertiary alicyclic amines) is 1. The lowest BCUT2D eigenvalue weighted by molar-refractivity contribution is 0.0216. The molecular weight excluding hydrogens is 222 g/mol. The van der Waals surface area contributed by atoms with E-state index in [1.807, 2.05) is 0 Å². The first kappa shape index (κ1) is 14.3. The van der Waals surface area contributed by atoms with Gasteiger partial charge in [0.05, 0.1) is 6.10 Å². The summed E-state index contributed by atoms with van der Waals surface area (Å²) < 4.78 is 0. The van der Waals surface area contributed by atoms with Crippen LogP contribution in [0.5, 0.6) is 0 Å². The van der Waals surface area contributed by atoms with Crippen LogP contribution in [-0.2, 0) is 0 Å². The number of hydrogen-bond donors (Lipinski definition) is 1. The van der Waals surface area contributed by atoms with Gasteiger partial charge >= 0.3 is 0 Å². The average Bonchev–Trinajstić information content (AvgIpc) is 2.59. The van der Waals surface area contributed by atoms with Crippen LogP contribution in [0.15, 0.2) is 0 Å². The lowest BCUT2D eigenvalue weighted by Crippen LogP contribution is -2.43. The van der Waals surface area contributed by atoms with Crippen LogP contribution in [0.2, 0.25) is 0 Å². The molecule has 0 bridgehead atoms. The number of rotatable bonds is 3. The van der Waals surface area contributed by atoms with Crippen molar-refractivity contribution in [3.05, 3.63) is 0 Å². The molecule has 2 rings (SSSR count). The Labute approximate surface area is 113 Å². The van der Waals surface area contributed by atoms with E-state index in [9.17, 15) is 5.11 Å². The molecule has 1 saturated carbocycles. The summed E-state index contributed by atoms with van der Waals surface area (Å²) in [4.78, 5) is 2.69. The lowest BCUT2D eigenvalue weighted by atomic mass is 9.80. The second-order valence-electron chi connectivity index (χ2n) is 6.65. The third kappa shape index (κ3) is 3.71. The Morgan fingerprint density at radius 1 is 1.11 bits per heavy atom. The number of nitrogens with zero attached hydrogens (tertiary/aromatic N) is 1. The Kier molecular flexibility index (Phi) is 5.50. The van der Waals surface area contributed by atoms with Crippen molar-refractivity contribution >= 4 is 0 Å². The predicted octanol–water partition coefficient (Wildman–Crippen LogP) is 3.44. The highest BCUT2D eigenvalue weighted by Crippen LogP contribution is 2.31. The molecular formula is C16H31NO. The van der Waals surface area contributed by atoms with Crippen LogP contribution in [-0.4, -0.2) is 35.2 Å². The molecule has 0 aromatic rings. The van der Waals surface area contributed by atoms with Gasteiger partial charge in [0.25, 0.3) is 0 Å². The molecule has 4 atom stereocenters. The minimum atomic E-state index is -0.0399. The summed E-state index contributed by atoms with van der Waals surface area (Å²) in [6.45, 7) is 7.07. The fourth-order valence-corrected chi connectivity index (χ4v) is 3.92. The zero-order valence-electron chi connectivity index (χ0n) is 12.3. The molecule has 2 aliphatic rings. The highest BCUT2D eigenvalue weighted by molar-refractivity contribution is 4.83. The maximum atomic E-state index is 10.2. The summed E-state index contributed by atoms with van der Waals surface area (Å²) in [6.07, 6.45) is 10.2. The molecule has 1 N–H and O–H groups in total. The summed E-state index contributed by atoms with van der Waals surface area (Å²) in [7, 11) is 0. The Hall–Kier alpha value is -0.0800. The zero-order chi connectivity index (χ0) is 13.0. The van der Waals surface area contributed by atoms with E-state index in [1.54, 1.807) is 0 Å². The molecule has 2 heteroatoms. The van der Waals surface area contributed by atoms with Crippen LogP contribution in [0.1, 0.15) is 65.2 Å². The maximum Gasteiger partial charge on any atom is 0.0580 e. The van der Waals surface area contributed by atoms with Crippen molar-refractivity contribution in [1.29, 1.82) is 0 Å². The van der Waals surface area contributed by atoms with Crippen molar-refractivity contribution in [3.8, 4) is 0 Å². The van der Waals surface area contributed by atoms with E-state index in [-0.39, 0.29) is 6.10 Å². The molecule has 106 valence electrons. The first-order valence-corrected chi connectivity index (χ1v) is 8.12. The third-order valence-corrected chi connectivity index (χ3v) is 5.14. The van der Waals surface area contributed by atoms with E-state index in [1.165, 1.54) is 51.5 Å². The zero-order valence-corrected chi connectivity index (χ0v) is 12.3. The highest BCUT2D eigenvalue weighted by atomic mass is 16.3. The van der Waals surface area contributed by atoms with Gasteiger partial charge < -0.3 is 10.0 Å². The van der Waals surface area contributed by atoms with Crippen LogP contribution in [0.25, 0.3) is 0 Å². The Morgan fingerprint density at radius 2 is 1.94 bits per heavy atom. The quantitative estimate of drug-likeness (QED) is 0.833. The van der Waals surface area contributed by atoms with Gasteiger partial charge in [-0.1, -0.05) is 26.7 Å². The topological polar surface area (TPSA) is 23.5 Å². The molecule has 1 aliphatic carbocycles. The molecule has 2 fully saturated rings.